The van der Waals surface area contributed by atoms with E-state index in [4.69, 9.17) is 16.3 Å². The van der Waals surface area contributed by atoms with Crippen molar-refractivity contribution in [3.63, 3.8) is 0 Å². The van der Waals surface area contributed by atoms with Gasteiger partial charge in [-0.15, -0.1) is 0 Å². The first-order valence-electron chi connectivity index (χ1n) is 9.15. The second kappa shape index (κ2) is 8.91. The number of halogens is 1. The van der Waals surface area contributed by atoms with Crippen molar-refractivity contribution in [1.82, 2.24) is 4.90 Å². The first-order chi connectivity index (χ1) is 13.1. The van der Waals surface area contributed by atoms with Crippen LogP contribution in [0.2, 0.25) is 5.02 Å². The number of nitrogens with zero attached hydrogens (tertiary/aromatic N) is 1. The van der Waals surface area contributed by atoms with Gasteiger partial charge in [0.15, 0.2) is 0 Å². The number of esters is 1. The molecule has 0 saturated carbocycles. The van der Waals surface area contributed by atoms with Gasteiger partial charge in [-0.05, 0) is 49.1 Å². The van der Waals surface area contributed by atoms with Crippen LogP contribution in [0.3, 0.4) is 0 Å². The van der Waals surface area contributed by atoms with Gasteiger partial charge >= 0.3 is 12.0 Å². The second-order valence-corrected chi connectivity index (χ2v) is 6.89. The number of hydrogen-bond acceptors (Lipinski definition) is 3. The second-order valence-electron chi connectivity index (χ2n) is 6.48. The van der Waals surface area contributed by atoms with E-state index in [1.54, 1.807) is 19.1 Å². The van der Waals surface area contributed by atoms with Crippen LogP contribution in [0.25, 0.3) is 0 Å². The van der Waals surface area contributed by atoms with Gasteiger partial charge in [0, 0.05) is 17.3 Å². The number of carbonyl (C=O) groups is 2. The Balaban J connectivity index is 1.64. The predicted molar refractivity (Wildman–Crippen MR) is 106 cm³/mol. The topological polar surface area (TPSA) is 58.6 Å². The lowest BCUT2D eigenvalue weighted by Crippen LogP contribution is -2.34. The highest BCUT2D eigenvalue weighted by molar-refractivity contribution is 6.31. The van der Waals surface area contributed by atoms with Crippen LogP contribution in [0.5, 0.6) is 0 Å². The Hall–Kier alpha value is -2.53. The molecule has 0 radical (unpaired) electrons. The monoisotopic (exact) mass is 386 g/mol. The van der Waals surface area contributed by atoms with E-state index in [-0.39, 0.29) is 24.5 Å². The predicted octanol–water partition coefficient (Wildman–Crippen LogP) is 4.81. The molecule has 2 aromatic rings. The molecular formula is C21H23ClN2O3. The van der Waals surface area contributed by atoms with Crippen molar-refractivity contribution in [2.75, 3.05) is 18.5 Å². The Morgan fingerprint density at radius 2 is 1.93 bits per heavy atom. The number of hydrogen-bond donors (Lipinski definition) is 1. The summed E-state index contributed by atoms with van der Waals surface area (Å²) in [6, 6.07) is 14.7. The Kier molecular flexibility index (Phi) is 6.35. The Morgan fingerprint density at radius 3 is 2.63 bits per heavy atom. The largest absolute Gasteiger partial charge is 0.466 e. The molecule has 3 rings (SSSR count). The van der Waals surface area contributed by atoms with Gasteiger partial charge in [-0.3, -0.25) is 4.79 Å². The summed E-state index contributed by atoms with van der Waals surface area (Å²) in [6.07, 6.45) is 2.07. The summed E-state index contributed by atoms with van der Waals surface area (Å²) in [4.78, 5) is 26.1. The molecule has 2 aromatic carbocycles. The first-order valence-corrected chi connectivity index (χ1v) is 9.53. The molecule has 0 unspecified atom stereocenters. The summed E-state index contributed by atoms with van der Waals surface area (Å²) in [7, 11) is 0. The molecule has 1 N–H and O–H groups in total. The molecule has 1 saturated heterocycles. The van der Waals surface area contributed by atoms with Crippen molar-refractivity contribution in [3.8, 4) is 0 Å². The number of ether oxygens (including phenoxy) is 1. The standard InChI is InChI=1S/C21H23ClN2O3/c1-2-27-20(25)14-15-9-11-16(12-10-15)23-21(26)24-13-5-8-19(24)17-6-3-4-7-18(17)22/h3-4,6-7,9-12,19H,2,5,8,13-14H2,1H3,(H,23,26)/t19-/m0/s1. The minimum Gasteiger partial charge on any atom is -0.466 e. The number of anilines is 1. The lowest BCUT2D eigenvalue weighted by atomic mass is 10.0. The zero-order chi connectivity index (χ0) is 19.2. The maximum Gasteiger partial charge on any atom is 0.322 e. The van der Waals surface area contributed by atoms with Crippen molar-refractivity contribution in [1.29, 1.82) is 0 Å². The third kappa shape index (κ3) is 4.80. The van der Waals surface area contributed by atoms with E-state index in [9.17, 15) is 9.59 Å². The molecule has 5 nitrogen and oxygen atoms in total. The first kappa shape index (κ1) is 19.2. The van der Waals surface area contributed by atoms with Crippen molar-refractivity contribution in [2.45, 2.75) is 32.2 Å². The molecule has 142 valence electrons. The fourth-order valence-corrected chi connectivity index (χ4v) is 3.62. The van der Waals surface area contributed by atoms with E-state index in [2.05, 4.69) is 5.32 Å². The van der Waals surface area contributed by atoms with Crippen molar-refractivity contribution < 1.29 is 14.3 Å². The van der Waals surface area contributed by atoms with Gasteiger partial charge in [-0.1, -0.05) is 41.9 Å². The van der Waals surface area contributed by atoms with Gasteiger partial charge in [-0.2, -0.15) is 0 Å². The lowest BCUT2D eigenvalue weighted by molar-refractivity contribution is -0.142. The average Bonchev–Trinajstić information content (AvgIpc) is 3.13. The molecule has 1 aliphatic heterocycles. The molecule has 1 atom stereocenters. The number of amides is 2. The zero-order valence-corrected chi connectivity index (χ0v) is 16.0. The Labute approximate surface area is 164 Å². The van der Waals surface area contributed by atoms with Crippen LogP contribution in [-0.2, 0) is 16.0 Å². The van der Waals surface area contributed by atoms with E-state index >= 15 is 0 Å². The molecule has 0 spiro atoms. The van der Waals surface area contributed by atoms with Crippen LogP contribution in [-0.4, -0.2) is 30.1 Å². The maximum absolute atomic E-state index is 12.8. The fourth-order valence-electron chi connectivity index (χ4n) is 3.36. The molecule has 1 aliphatic rings. The van der Waals surface area contributed by atoms with Crippen LogP contribution in [0, 0.1) is 0 Å². The quantitative estimate of drug-likeness (QED) is 0.750. The smallest absolute Gasteiger partial charge is 0.322 e. The van der Waals surface area contributed by atoms with E-state index in [1.807, 2.05) is 41.3 Å². The van der Waals surface area contributed by atoms with Gasteiger partial charge in [0.1, 0.15) is 0 Å². The lowest BCUT2D eigenvalue weighted by Gasteiger charge is -2.26. The summed E-state index contributed by atoms with van der Waals surface area (Å²) in [6.45, 7) is 2.85. The molecule has 1 heterocycles. The third-order valence-electron chi connectivity index (χ3n) is 4.64. The summed E-state index contributed by atoms with van der Waals surface area (Å²) in [5, 5.41) is 3.62. The molecule has 0 aromatic heterocycles. The molecule has 0 bridgehead atoms. The van der Waals surface area contributed by atoms with Crippen molar-refractivity contribution in [2.24, 2.45) is 0 Å². The van der Waals surface area contributed by atoms with Crippen LogP contribution < -0.4 is 5.32 Å². The van der Waals surface area contributed by atoms with Gasteiger partial charge in [0.2, 0.25) is 0 Å². The van der Waals surface area contributed by atoms with E-state index in [1.165, 1.54) is 0 Å². The Bertz CT molecular complexity index is 807. The number of benzene rings is 2. The van der Waals surface area contributed by atoms with Gasteiger partial charge in [0.05, 0.1) is 19.1 Å². The van der Waals surface area contributed by atoms with Crippen LogP contribution in [0.15, 0.2) is 48.5 Å². The maximum atomic E-state index is 12.8. The highest BCUT2D eigenvalue weighted by Crippen LogP contribution is 2.35. The molecular weight excluding hydrogens is 364 g/mol. The number of nitrogens with one attached hydrogen (secondary N) is 1. The SMILES string of the molecule is CCOC(=O)Cc1ccc(NC(=O)N2CCC[C@H]2c2ccccc2Cl)cc1. The van der Waals surface area contributed by atoms with Crippen LogP contribution in [0.4, 0.5) is 10.5 Å². The molecule has 1 fully saturated rings. The fraction of sp³-hybridized carbons (Fsp3) is 0.333. The third-order valence-corrected chi connectivity index (χ3v) is 4.98. The summed E-state index contributed by atoms with van der Waals surface area (Å²) < 4.78 is 4.95. The number of likely N-dealkylation sites (tertiary alicyclic amines) is 1. The van der Waals surface area contributed by atoms with E-state index < -0.39 is 0 Å². The van der Waals surface area contributed by atoms with Gasteiger partial charge in [-0.25, -0.2) is 4.79 Å². The van der Waals surface area contributed by atoms with E-state index in [0.29, 0.717) is 23.9 Å². The zero-order valence-electron chi connectivity index (χ0n) is 15.3. The average molecular weight is 387 g/mol. The van der Waals surface area contributed by atoms with Crippen LogP contribution in [0.1, 0.15) is 36.9 Å². The van der Waals surface area contributed by atoms with Crippen molar-refractivity contribution in [3.05, 3.63) is 64.7 Å². The highest BCUT2D eigenvalue weighted by Gasteiger charge is 2.31. The minimum atomic E-state index is -0.256. The molecule has 27 heavy (non-hydrogen) atoms. The summed E-state index contributed by atoms with van der Waals surface area (Å²) in [5.74, 6) is -0.256. The van der Waals surface area contributed by atoms with Gasteiger partial charge < -0.3 is 15.0 Å². The van der Waals surface area contributed by atoms with Gasteiger partial charge in [0.25, 0.3) is 0 Å². The Morgan fingerprint density at radius 1 is 1.19 bits per heavy atom. The number of urea groups is 1. The molecule has 6 heteroatoms. The highest BCUT2D eigenvalue weighted by atomic mass is 35.5. The number of carbonyl (C=O) groups excluding carboxylic acids is 2. The summed E-state index contributed by atoms with van der Waals surface area (Å²) in [5.41, 5.74) is 2.52. The normalized spacial score (nSPS) is 16.2. The van der Waals surface area contributed by atoms with Crippen LogP contribution >= 0.6 is 11.6 Å². The van der Waals surface area contributed by atoms with Crippen molar-refractivity contribution >= 4 is 29.3 Å². The van der Waals surface area contributed by atoms with E-state index in [0.717, 1.165) is 24.0 Å². The summed E-state index contributed by atoms with van der Waals surface area (Å²) >= 11 is 6.32. The molecule has 2 amide bonds. The molecule has 0 aliphatic carbocycles. The number of rotatable bonds is 5. The minimum absolute atomic E-state index is 0.0122.